The maximum atomic E-state index is 5.81. The van der Waals surface area contributed by atoms with Crippen molar-refractivity contribution in [1.29, 1.82) is 0 Å². The van der Waals surface area contributed by atoms with Crippen molar-refractivity contribution < 1.29 is 9.47 Å². The lowest BCUT2D eigenvalue weighted by Gasteiger charge is -2.17. The molecule has 0 N–H and O–H groups in total. The first kappa shape index (κ1) is 17.2. The molecular weight excluding hydrogens is 280 g/mol. The van der Waals surface area contributed by atoms with Crippen molar-refractivity contribution in [3.63, 3.8) is 0 Å². The summed E-state index contributed by atoms with van der Waals surface area (Å²) >= 11 is 0. The summed E-state index contributed by atoms with van der Waals surface area (Å²) in [7, 11) is 0. The molecule has 0 aromatic carbocycles. The number of hydrogen-bond acceptors (Lipinski definition) is 6. The van der Waals surface area contributed by atoms with Crippen LogP contribution in [0.2, 0.25) is 0 Å². The number of ether oxygens (including phenoxy) is 2. The van der Waals surface area contributed by atoms with Crippen LogP contribution in [-0.4, -0.2) is 33.0 Å². The van der Waals surface area contributed by atoms with Gasteiger partial charge >= 0.3 is 0 Å². The largest absolute Gasteiger partial charge is 0.347 e. The van der Waals surface area contributed by atoms with Crippen molar-refractivity contribution in [3.8, 4) is 0 Å². The number of rotatable bonds is 6. The molecule has 0 saturated carbocycles. The molecule has 20 heavy (non-hydrogen) atoms. The van der Waals surface area contributed by atoms with Gasteiger partial charge < -0.3 is 9.47 Å². The van der Waals surface area contributed by atoms with Gasteiger partial charge in [0.05, 0.1) is 12.3 Å². The molecule has 1 aliphatic rings. The van der Waals surface area contributed by atoms with Crippen LogP contribution in [0.4, 0.5) is 0 Å². The van der Waals surface area contributed by atoms with E-state index in [9.17, 15) is 0 Å². The SMILES string of the molecule is CCCCCCc1nnnnc1C1COC(C)(C)O1.Cl. The molecule has 1 aromatic rings. The highest BCUT2D eigenvalue weighted by atomic mass is 35.5. The molecule has 6 nitrogen and oxygen atoms in total. The van der Waals surface area contributed by atoms with Gasteiger partial charge in [-0.1, -0.05) is 26.2 Å². The van der Waals surface area contributed by atoms with E-state index in [1.165, 1.54) is 19.3 Å². The number of aromatic nitrogens is 4. The molecule has 1 aromatic heterocycles. The Morgan fingerprint density at radius 2 is 1.90 bits per heavy atom. The molecule has 1 aliphatic heterocycles. The topological polar surface area (TPSA) is 70.0 Å². The predicted octanol–water partition coefficient (Wildman–Crippen LogP) is 2.64. The summed E-state index contributed by atoms with van der Waals surface area (Å²) in [5, 5.41) is 15.5. The molecule has 0 spiro atoms. The average Bonchev–Trinajstić information content (AvgIpc) is 2.75. The quantitative estimate of drug-likeness (QED) is 0.752. The monoisotopic (exact) mass is 302 g/mol. The predicted molar refractivity (Wildman–Crippen MR) is 76.6 cm³/mol. The van der Waals surface area contributed by atoms with Crippen LogP contribution in [0.3, 0.4) is 0 Å². The van der Waals surface area contributed by atoms with Crippen LogP contribution >= 0.6 is 12.4 Å². The summed E-state index contributed by atoms with van der Waals surface area (Å²) in [6, 6.07) is 0. The van der Waals surface area contributed by atoms with E-state index in [-0.39, 0.29) is 18.5 Å². The third-order valence-electron chi connectivity index (χ3n) is 3.23. The molecule has 0 bridgehead atoms. The molecule has 114 valence electrons. The molecule has 7 heteroatoms. The summed E-state index contributed by atoms with van der Waals surface area (Å²) in [4.78, 5) is 0. The molecule has 1 unspecified atom stereocenters. The van der Waals surface area contributed by atoms with E-state index in [1.54, 1.807) is 0 Å². The Labute approximate surface area is 126 Å². The Kier molecular flexibility index (Phi) is 6.71. The molecule has 2 heterocycles. The van der Waals surface area contributed by atoms with Crippen LogP contribution in [0.15, 0.2) is 0 Å². The molecule has 0 radical (unpaired) electrons. The second-order valence-electron chi connectivity index (χ2n) is 5.34. The van der Waals surface area contributed by atoms with Gasteiger partial charge in [0.15, 0.2) is 5.79 Å². The highest BCUT2D eigenvalue weighted by Gasteiger charge is 2.36. The van der Waals surface area contributed by atoms with E-state index in [4.69, 9.17) is 9.47 Å². The van der Waals surface area contributed by atoms with E-state index < -0.39 is 5.79 Å². The Balaban J connectivity index is 0.00000200. The zero-order valence-corrected chi connectivity index (χ0v) is 13.2. The van der Waals surface area contributed by atoms with Crippen LogP contribution in [-0.2, 0) is 15.9 Å². The highest BCUT2D eigenvalue weighted by Crippen LogP contribution is 2.32. The number of halogens is 1. The Morgan fingerprint density at radius 1 is 1.15 bits per heavy atom. The summed E-state index contributed by atoms with van der Waals surface area (Å²) in [6.45, 7) is 6.49. The van der Waals surface area contributed by atoms with Crippen LogP contribution in [0.5, 0.6) is 0 Å². The minimum absolute atomic E-state index is 0. The number of nitrogens with zero attached hydrogens (tertiary/aromatic N) is 4. The molecule has 1 atom stereocenters. The zero-order valence-electron chi connectivity index (χ0n) is 12.3. The maximum Gasteiger partial charge on any atom is 0.163 e. The van der Waals surface area contributed by atoms with E-state index >= 15 is 0 Å². The summed E-state index contributed by atoms with van der Waals surface area (Å²) < 4.78 is 11.4. The van der Waals surface area contributed by atoms with E-state index in [1.807, 2.05) is 13.8 Å². The first-order chi connectivity index (χ1) is 9.12. The Morgan fingerprint density at radius 3 is 2.55 bits per heavy atom. The molecular formula is C13H23ClN4O2. The van der Waals surface area contributed by atoms with Crippen molar-refractivity contribution >= 4 is 12.4 Å². The van der Waals surface area contributed by atoms with Gasteiger partial charge in [0.25, 0.3) is 0 Å². The van der Waals surface area contributed by atoms with Crippen molar-refractivity contribution in [1.82, 2.24) is 20.6 Å². The number of hydrogen-bond donors (Lipinski definition) is 0. The minimum atomic E-state index is -0.560. The smallest absolute Gasteiger partial charge is 0.163 e. The first-order valence-corrected chi connectivity index (χ1v) is 6.99. The lowest BCUT2D eigenvalue weighted by Crippen LogP contribution is -2.20. The first-order valence-electron chi connectivity index (χ1n) is 6.99. The van der Waals surface area contributed by atoms with E-state index in [2.05, 4.69) is 27.5 Å². The third kappa shape index (κ3) is 4.61. The third-order valence-corrected chi connectivity index (χ3v) is 3.23. The fourth-order valence-electron chi connectivity index (χ4n) is 2.22. The summed E-state index contributed by atoms with van der Waals surface area (Å²) in [5.74, 6) is -0.560. The zero-order chi connectivity index (χ0) is 13.7. The van der Waals surface area contributed by atoms with Crippen molar-refractivity contribution in [3.05, 3.63) is 11.4 Å². The molecule has 1 saturated heterocycles. The van der Waals surface area contributed by atoms with Crippen molar-refractivity contribution in [2.24, 2.45) is 0 Å². The van der Waals surface area contributed by atoms with Gasteiger partial charge in [-0.3, -0.25) is 0 Å². The molecule has 1 fully saturated rings. The van der Waals surface area contributed by atoms with Crippen LogP contribution in [0.1, 0.15) is 63.9 Å². The van der Waals surface area contributed by atoms with Crippen LogP contribution < -0.4 is 0 Å². The second-order valence-corrected chi connectivity index (χ2v) is 5.34. The van der Waals surface area contributed by atoms with Crippen molar-refractivity contribution in [2.75, 3.05) is 6.61 Å². The van der Waals surface area contributed by atoms with Crippen LogP contribution in [0, 0.1) is 0 Å². The lowest BCUT2D eigenvalue weighted by atomic mass is 10.1. The van der Waals surface area contributed by atoms with Gasteiger partial charge in [-0.15, -0.1) is 22.6 Å². The second kappa shape index (κ2) is 7.81. The Hall–Kier alpha value is -0.850. The normalized spacial score (nSPS) is 20.6. The van der Waals surface area contributed by atoms with Gasteiger partial charge in [-0.05, 0) is 37.1 Å². The summed E-state index contributed by atoms with van der Waals surface area (Å²) in [6.07, 6.45) is 5.46. The van der Waals surface area contributed by atoms with Gasteiger partial charge in [0.1, 0.15) is 11.8 Å². The summed E-state index contributed by atoms with van der Waals surface area (Å²) in [5.41, 5.74) is 1.66. The fraction of sp³-hybridized carbons (Fsp3) is 0.846. The van der Waals surface area contributed by atoms with Gasteiger partial charge in [0.2, 0.25) is 0 Å². The maximum absolute atomic E-state index is 5.81. The Bertz CT molecular complexity index is 417. The average molecular weight is 303 g/mol. The molecule has 0 aliphatic carbocycles. The standard InChI is InChI=1S/C13H22N4O2.ClH/c1-4-5-6-7-8-10-12(15-17-16-14-10)11-9-18-13(2,3)19-11;/h11H,4-9H2,1-3H3;1H. The van der Waals surface area contributed by atoms with Crippen molar-refractivity contribution in [2.45, 2.75) is 64.8 Å². The van der Waals surface area contributed by atoms with E-state index in [0.29, 0.717) is 6.61 Å². The van der Waals surface area contributed by atoms with E-state index in [0.717, 1.165) is 24.2 Å². The van der Waals surface area contributed by atoms with Crippen LogP contribution in [0.25, 0.3) is 0 Å². The lowest BCUT2D eigenvalue weighted by molar-refractivity contribution is -0.139. The number of aryl methyl sites for hydroxylation is 1. The fourth-order valence-corrected chi connectivity index (χ4v) is 2.22. The minimum Gasteiger partial charge on any atom is -0.347 e. The molecule has 2 rings (SSSR count). The molecule has 0 amide bonds. The highest BCUT2D eigenvalue weighted by molar-refractivity contribution is 5.85. The van der Waals surface area contributed by atoms with Gasteiger partial charge in [-0.2, -0.15) is 0 Å². The van der Waals surface area contributed by atoms with Gasteiger partial charge in [-0.25, -0.2) is 0 Å². The number of unbranched alkanes of at least 4 members (excludes halogenated alkanes) is 3. The van der Waals surface area contributed by atoms with Gasteiger partial charge in [0, 0.05) is 0 Å².